The Bertz CT molecular complexity index is 3380. The van der Waals surface area contributed by atoms with Crippen LogP contribution in [0.15, 0.2) is 237 Å². The standard InChI is InChI=1S/C55H39N2P3S2/c61-59(43-23-11-3-12-24-43,44-25-13-4-14-26-44)47-32-35-50-51(38-47)49-34-31-42(58(40-19-7-1-8-20-40)41-21-9-2-10-22-41)37-54(49)57-53-36-33-48(39-52(53)56-55(50)57)60(62,45-27-15-5-16-28-45)46-29-17-6-18-30-46/h1-39H. The minimum absolute atomic E-state index is 0.858. The highest BCUT2D eigenvalue weighted by atomic mass is 32.4. The van der Waals surface area contributed by atoms with Crippen LogP contribution in [0.25, 0.3) is 38.4 Å². The summed E-state index contributed by atoms with van der Waals surface area (Å²) in [5.74, 6) is 0. The summed E-state index contributed by atoms with van der Waals surface area (Å²) in [6, 6.07) is 80.5. The van der Waals surface area contributed by atoms with Crippen molar-refractivity contribution in [3.05, 3.63) is 237 Å². The lowest BCUT2D eigenvalue weighted by Crippen LogP contribution is -2.24. The number of imidazole rings is 1. The van der Waals surface area contributed by atoms with E-state index < -0.39 is 20.0 Å². The second-order valence-electron chi connectivity index (χ2n) is 15.4. The van der Waals surface area contributed by atoms with Crippen molar-refractivity contribution in [3.63, 3.8) is 0 Å². The maximum atomic E-state index is 6.91. The Hall–Kier alpha value is -5.82. The molecule has 0 atom stereocenters. The van der Waals surface area contributed by atoms with Crippen LogP contribution in [0.3, 0.4) is 0 Å². The van der Waals surface area contributed by atoms with Gasteiger partial charge in [-0.2, -0.15) is 0 Å². The first-order valence-corrected chi connectivity index (χ1v) is 27.6. The molecule has 0 bridgehead atoms. The maximum Gasteiger partial charge on any atom is 0.146 e. The van der Waals surface area contributed by atoms with E-state index in [1.54, 1.807) is 0 Å². The normalized spacial score (nSPS) is 12.1. The van der Waals surface area contributed by atoms with Crippen LogP contribution in [0.1, 0.15) is 0 Å². The Labute approximate surface area is 373 Å². The van der Waals surface area contributed by atoms with Crippen molar-refractivity contribution in [1.82, 2.24) is 9.38 Å². The molecule has 0 aliphatic heterocycles. The molecular weight excluding hydrogens is 846 g/mol. The largest absolute Gasteiger partial charge is 0.292 e. The molecule has 0 fully saturated rings. The molecule has 2 nitrogen and oxygen atoms in total. The molecule has 11 aromatic rings. The minimum Gasteiger partial charge on any atom is -0.292 e. The lowest BCUT2D eigenvalue weighted by atomic mass is 10.1. The third-order valence-electron chi connectivity index (χ3n) is 11.9. The number of fused-ring (bicyclic) bond motifs is 8. The summed E-state index contributed by atoms with van der Waals surface area (Å²) in [5.41, 5.74) is 4.03. The van der Waals surface area contributed by atoms with E-state index in [0.29, 0.717) is 0 Å². The van der Waals surface area contributed by atoms with E-state index in [0.717, 1.165) is 43.6 Å². The van der Waals surface area contributed by atoms with Crippen molar-refractivity contribution in [1.29, 1.82) is 0 Å². The molecule has 0 spiro atoms. The summed E-state index contributed by atoms with van der Waals surface area (Å²) in [6.07, 6.45) is 0. The van der Waals surface area contributed by atoms with Crippen LogP contribution in [-0.2, 0) is 23.6 Å². The Balaban J connectivity index is 1.22. The van der Waals surface area contributed by atoms with Crippen LogP contribution >= 0.6 is 20.0 Å². The molecule has 0 aliphatic rings. The van der Waals surface area contributed by atoms with E-state index in [4.69, 9.17) is 28.6 Å². The van der Waals surface area contributed by atoms with Gasteiger partial charge in [0.2, 0.25) is 0 Å². The number of hydrogen-bond donors (Lipinski definition) is 0. The molecule has 7 heteroatoms. The topological polar surface area (TPSA) is 17.3 Å². The zero-order chi connectivity index (χ0) is 41.7. The van der Waals surface area contributed by atoms with Crippen LogP contribution in [0.5, 0.6) is 0 Å². The maximum absolute atomic E-state index is 6.91. The first-order valence-electron chi connectivity index (χ1n) is 20.7. The van der Waals surface area contributed by atoms with Gasteiger partial charge in [0.1, 0.15) is 5.65 Å². The summed E-state index contributed by atoms with van der Waals surface area (Å²) >= 11 is 13.8. The number of aromatic nitrogens is 2. The smallest absolute Gasteiger partial charge is 0.146 e. The fourth-order valence-corrected chi connectivity index (χ4v) is 18.7. The van der Waals surface area contributed by atoms with Crippen LogP contribution in [0.4, 0.5) is 0 Å². The first-order chi connectivity index (χ1) is 30.5. The molecule has 0 amide bonds. The van der Waals surface area contributed by atoms with Crippen molar-refractivity contribution in [3.8, 4) is 0 Å². The van der Waals surface area contributed by atoms with Gasteiger partial charge in [-0.05, 0) is 91.4 Å². The van der Waals surface area contributed by atoms with Crippen LogP contribution in [0, 0.1) is 0 Å². The van der Waals surface area contributed by atoms with Crippen LogP contribution in [-0.4, -0.2) is 9.38 Å². The van der Waals surface area contributed by atoms with Gasteiger partial charge in [0, 0.05) is 22.8 Å². The van der Waals surface area contributed by atoms with Gasteiger partial charge >= 0.3 is 0 Å². The lowest BCUT2D eigenvalue weighted by Gasteiger charge is -2.25. The SMILES string of the molecule is S=P(c1ccccc1)(c1ccccc1)c1ccc2c(c1)nc1c3ccc(P(=S)(c4ccccc4)c4ccccc4)cc3c3ccc(P(c4ccccc4)c4ccccc4)cc3n21. The first kappa shape index (κ1) is 39.1. The molecule has 0 unspecified atom stereocenters. The van der Waals surface area contributed by atoms with Crippen molar-refractivity contribution < 1.29 is 0 Å². The van der Waals surface area contributed by atoms with Crippen LogP contribution in [0.2, 0.25) is 0 Å². The van der Waals surface area contributed by atoms with Gasteiger partial charge in [0.15, 0.2) is 0 Å². The molecule has 0 saturated carbocycles. The van der Waals surface area contributed by atoms with E-state index in [9.17, 15) is 0 Å². The average Bonchev–Trinajstić information content (AvgIpc) is 3.75. The number of hydrogen-bond acceptors (Lipinski definition) is 3. The summed E-state index contributed by atoms with van der Waals surface area (Å²) in [4.78, 5) is 5.58. The lowest BCUT2D eigenvalue weighted by molar-refractivity contribution is 1.32. The molecule has 2 heterocycles. The fourth-order valence-electron chi connectivity index (χ4n) is 8.95. The van der Waals surface area contributed by atoms with E-state index in [-0.39, 0.29) is 0 Å². The number of rotatable bonds is 9. The Morgan fingerprint density at radius 2 is 0.758 bits per heavy atom. The van der Waals surface area contributed by atoms with Gasteiger partial charge in [-0.1, -0.05) is 230 Å². The predicted molar refractivity (Wildman–Crippen MR) is 279 cm³/mol. The van der Waals surface area contributed by atoms with Crippen molar-refractivity contribution in [2.75, 3.05) is 0 Å². The highest BCUT2D eigenvalue weighted by Gasteiger charge is 2.28. The van der Waals surface area contributed by atoms with Gasteiger partial charge in [-0.15, -0.1) is 0 Å². The Kier molecular flexibility index (Phi) is 10.2. The van der Waals surface area contributed by atoms with Gasteiger partial charge in [0.25, 0.3) is 0 Å². The van der Waals surface area contributed by atoms with Gasteiger partial charge in [-0.3, -0.25) is 4.40 Å². The molecule has 0 radical (unpaired) electrons. The van der Waals surface area contributed by atoms with Crippen molar-refractivity contribution in [2.45, 2.75) is 0 Å². The number of pyridine rings is 1. The van der Waals surface area contributed by atoms with E-state index in [1.165, 1.54) is 42.5 Å². The zero-order valence-corrected chi connectivity index (χ0v) is 37.9. The third kappa shape index (κ3) is 6.53. The van der Waals surface area contributed by atoms with Gasteiger partial charge in [-0.25, -0.2) is 4.98 Å². The molecule has 62 heavy (non-hydrogen) atoms. The zero-order valence-electron chi connectivity index (χ0n) is 33.6. The van der Waals surface area contributed by atoms with Crippen LogP contribution < -0.4 is 47.7 Å². The minimum atomic E-state index is -2.44. The van der Waals surface area contributed by atoms with Crippen molar-refractivity contribution in [2.24, 2.45) is 0 Å². The summed E-state index contributed by atoms with van der Waals surface area (Å²) < 4.78 is 2.39. The molecule has 11 rings (SSSR count). The van der Waals surface area contributed by atoms with E-state index >= 15 is 0 Å². The fraction of sp³-hybridized carbons (Fsp3) is 0. The van der Waals surface area contributed by atoms with E-state index in [2.05, 4.69) is 241 Å². The Morgan fingerprint density at radius 1 is 0.339 bits per heavy atom. The molecule has 0 aliphatic carbocycles. The highest BCUT2D eigenvalue weighted by molar-refractivity contribution is 8.26. The monoisotopic (exact) mass is 884 g/mol. The molecule has 0 saturated heterocycles. The number of nitrogens with zero attached hydrogens (tertiary/aromatic N) is 2. The van der Waals surface area contributed by atoms with Crippen molar-refractivity contribution >= 4 is 130 Å². The highest BCUT2D eigenvalue weighted by Crippen LogP contribution is 2.46. The molecule has 9 aromatic carbocycles. The average molecular weight is 885 g/mol. The molecular formula is C55H39N2P3S2. The Morgan fingerprint density at radius 3 is 1.24 bits per heavy atom. The second-order valence-corrected chi connectivity index (χ2v) is 26.5. The van der Waals surface area contributed by atoms with Gasteiger partial charge < -0.3 is 0 Å². The molecule has 0 N–H and O–H groups in total. The number of benzene rings is 9. The molecule has 296 valence electrons. The molecule has 2 aromatic heterocycles. The van der Waals surface area contributed by atoms with Gasteiger partial charge in [0.05, 0.1) is 16.6 Å². The summed E-state index contributed by atoms with van der Waals surface area (Å²) in [5, 5.41) is 14.3. The second kappa shape index (κ2) is 16.1. The quantitative estimate of drug-likeness (QED) is 0.106. The summed E-state index contributed by atoms with van der Waals surface area (Å²) in [7, 11) is -0.858. The van der Waals surface area contributed by atoms with E-state index in [1.807, 2.05) is 0 Å². The summed E-state index contributed by atoms with van der Waals surface area (Å²) in [6.45, 7) is 0. The third-order valence-corrected chi connectivity index (χ3v) is 24.2. The predicted octanol–water partition coefficient (Wildman–Crippen LogP) is 10.1.